The molecule has 2 N–H and O–H groups in total. The van der Waals surface area contributed by atoms with Gasteiger partial charge in [-0.25, -0.2) is 0 Å². The first-order chi connectivity index (χ1) is 13.6. The maximum absolute atomic E-state index is 10.9. The Morgan fingerprint density at radius 2 is 1.00 bits per heavy atom. The molecule has 2 heteroatoms. The van der Waals surface area contributed by atoms with Crippen molar-refractivity contribution < 1.29 is 10.2 Å². The van der Waals surface area contributed by atoms with Crippen LogP contribution in [0.2, 0.25) is 0 Å². The fraction of sp³-hybridized carbons (Fsp3) is 0.571. The third-order valence-corrected chi connectivity index (χ3v) is 6.76. The number of aromatic hydroxyl groups is 2. The molecule has 0 aromatic heterocycles. The van der Waals surface area contributed by atoms with E-state index in [1.54, 1.807) is 0 Å². The number of benzene rings is 2. The number of hydrogen-bond donors (Lipinski definition) is 2. The van der Waals surface area contributed by atoms with Gasteiger partial charge >= 0.3 is 0 Å². The van der Waals surface area contributed by atoms with E-state index in [4.69, 9.17) is 0 Å². The third kappa shape index (κ3) is 4.38. The minimum atomic E-state index is -0.134. The Kier molecular flexibility index (Phi) is 6.71. The standard InChI is InChI=1S/C28H42O2/c1-12-13-20(21-14-23(27(6,7)8)25(29)18(4)16(21)2)22-15-24(28(9,10)11)26(30)19(5)17(22)3/h14-15,20,29-30H,12-13H2,1-11H3. The summed E-state index contributed by atoms with van der Waals surface area (Å²) in [4.78, 5) is 0. The molecule has 0 aliphatic heterocycles. The fourth-order valence-corrected chi connectivity index (χ4v) is 4.49. The van der Waals surface area contributed by atoms with Crippen LogP contribution in [0.1, 0.15) is 112 Å². The Hall–Kier alpha value is -1.96. The first kappa shape index (κ1) is 24.3. The summed E-state index contributed by atoms with van der Waals surface area (Å²) in [5.41, 5.74) is 8.62. The Balaban J connectivity index is 2.89. The van der Waals surface area contributed by atoms with Crippen LogP contribution in [0.25, 0.3) is 0 Å². The summed E-state index contributed by atoms with van der Waals surface area (Å²) in [6.07, 6.45) is 2.10. The van der Waals surface area contributed by atoms with Crippen molar-refractivity contribution in [3.63, 3.8) is 0 Å². The summed E-state index contributed by atoms with van der Waals surface area (Å²) in [5, 5.41) is 21.7. The fourth-order valence-electron chi connectivity index (χ4n) is 4.49. The summed E-state index contributed by atoms with van der Waals surface area (Å²) in [7, 11) is 0. The molecule has 0 atom stereocenters. The molecular weight excluding hydrogens is 368 g/mol. The van der Waals surface area contributed by atoms with E-state index in [1.807, 2.05) is 13.8 Å². The van der Waals surface area contributed by atoms with Crippen molar-refractivity contribution in [2.75, 3.05) is 0 Å². The quantitative estimate of drug-likeness (QED) is 0.538. The lowest BCUT2D eigenvalue weighted by Crippen LogP contribution is -2.17. The van der Waals surface area contributed by atoms with E-state index >= 15 is 0 Å². The normalized spacial score (nSPS) is 12.7. The molecule has 2 aromatic rings. The van der Waals surface area contributed by atoms with Crippen molar-refractivity contribution in [2.45, 2.75) is 106 Å². The van der Waals surface area contributed by atoms with Crippen LogP contribution in [0, 0.1) is 27.7 Å². The summed E-state index contributed by atoms with van der Waals surface area (Å²) < 4.78 is 0. The maximum atomic E-state index is 10.9. The average molecular weight is 411 g/mol. The maximum Gasteiger partial charge on any atom is 0.122 e. The average Bonchev–Trinajstić information content (AvgIpc) is 2.61. The predicted octanol–water partition coefficient (Wildman–Crippen LogP) is 7.86. The van der Waals surface area contributed by atoms with Crippen molar-refractivity contribution in [3.05, 3.63) is 56.6 Å². The molecule has 2 nitrogen and oxygen atoms in total. The minimum absolute atomic E-state index is 0.134. The molecule has 0 heterocycles. The molecular formula is C28H42O2. The van der Waals surface area contributed by atoms with Crippen molar-refractivity contribution in [3.8, 4) is 11.5 Å². The second kappa shape index (κ2) is 8.29. The summed E-state index contributed by atoms with van der Waals surface area (Å²) in [6.45, 7) is 23.5. The highest BCUT2D eigenvalue weighted by Crippen LogP contribution is 2.45. The number of phenolic OH excluding ortho intramolecular Hbond substituents is 2. The Bertz CT molecular complexity index is 862. The van der Waals surface area contributed by atoms with Crippen LogP contribution in [0.4, 0.5) is 0 Å². The van der Waals surface area contributed by atoms with Crippen LogP contribution in [0.5, 0.6) is 11.5 Å². The number of phenols is 2. The zero-order valence-corrected chi connectivity index (χ0v) is 21.0. The molecule has 0 amide bonds. The summed E-state index contributed by atoms with van der Waals surface area (Å²) in [5.74, 6) is 1.08. The second-order valence-corrected chi connectivity index (χ2v) is 11.1. The van der Waals surface area contributed by atoms with E-state index < -0.39 is 0 Å². The van der Waals surface area contributed by atoms with Crippen molar-refractivity contribution in [2.24, 2.45) is 0 Å². The zero-order chi connectivity index (χ0) is 23.2. The third-order valence-electron chi connectivity index (χ3n) is 6.76. The molecule has 0 aliphatic rings. The predicted molar refractivity (Wildman–Crippen MR) is 129 cm³/mol. The van der Waals surface area contributed by atoms with Gasteiger partial charge in [0.15, 0.2) is 0 Å². The number of rotatable bonds is 4. The van der Waals surface area contributed by atoms with Crippen LogP contribution in [-0.2, 0) is 10.8 Å². The molecule has 30 heavy (non-hydrogen) atoms. The summed E-state index contributed by atoms with van der Waals surface area (Å²) in [6, 6.07) is 4.47. The Morgan fingerprint density at radius 3 is 1.27 bits per heavy atom. The van der Waals surface area contributed by atoms with Gasteiger partial charge in [-0.1, -0.05) is 67.0 Å². The van der Waals surface area contributed by atoms with Gasteiger partial charge in [-0.2, -0.15) is 0 Å². The van der Waals surface area contributed by atoms with Gasteiger partial charge in [0, 0.05) is 5.92 Å². The van der Waals surface area contributed by atoms with Crippen LogP contribution in [-0.4, -0.2) is 10.2 Å². The van der Waals surface area contributed by atoms with Gasteiger partial charge in [-0.3, -0.25) is 0 Å². The molecule has 0 radical (unpaired) electrons. The van der Waals surface area contributed by atoms with Gasteiger partial charge < -0.3 is 10.2 Å². The van der Waals surface area contributed by atoms with Crippen LogP contribution >= 0.6 is 0 Å². The van der Waals surface area contributed by atoms with E-state index in [-0.39, 0.29) is 16.7 Å². The van der Waals surface area contributed by atoms with E-state index in [0.717, 1.165) is 35.1 Å². The monoisotopic (exact) mass is 410 g/mol. The SMILES string of the molecule is CCCC(c1cc(C(C)(C)C)c(O)c(C)c1C)c1cc(C(C)(C)C)c(O)c(C)c1C. The van der Waals surface area contributed by atoms with Gasteiger partial charge in [0.1, 0.15) is 11.5 Å². The molecule has 166 valence electrons. The number of hydrogen-bond acceptors (Lipinski definition) is 2. The van der Waals surface area contributed by atoms with Crippen molar-refractivity contribution in [1.82, 2.24) is 0 Å². The first-order valence-corrected chi connectivity index (χ1v) is 11.3. The molecule has 0 spiro atoms. The molecule has 0 bridgehead atoms. The van der Waals surface area contributed by atoms with E-state index in [9.17, 15) is 10.2 Å². The van der Waals surface area contributed by atoms with Gasteiger partial charge in [0.25, 0.3) is 0 Å². The minimum Gasteiger partial charge on any atom is -0.507 e. The lowest BCUT2D eigenvalue weighted by molar-refractivity contribution is 0.440. The van der Waals surface area contributed by atoms with Gasteiger partial charge in [0.05, 0.1) is 0 Å². The molecule has 2 aromatic carbocycles. The topological polar surface area (TPSA) is 40.5 Å². The smallest absolute Gasteiger partial charge is 0.122 e. The largest absolute Gasteiger partial charge is 0.507 e. The van der Waals surface area contributed by atoms with Gasteiger partial charge in [-0.05, 0) is 89.5 Å². The highest BCUT2D eigenvalue weighted by molar-refractivity contribution is 5.57. The molecule has 0 aliphatic carbocycles. The molecule has 2 rings (SSSR count). The summed E-state index contributed by atoms with van der Waals surface area (Å²) >= 11 is 0. The highest BCUT2D eigenvalue weighted by Gasteiger charge is 2.29. The molecule has 0 saturated heterocycles. The highest BCUT2D eigenvalue weighted by atomic mass is 16.3. The van der Waals surface area contributed by atoms with Crippen molar-refractivity contribution >= 4 is 0 Å². The van der Waals surface area contributed by atoms with Crippen LogP contribution in [0.15, 0.2) is 12.1 Å². The lowest BCUT2D eigenvalue weighted by atomic mass is 9.75. The Morgan fingerprint density at radius 1 is 0.667 bits per heavy atom. The van der Waals surface area contributed by atoms with Gasteiger partial charge in [0.2, 0.25) is 0 Å². The second-order valence-electron chi connectivity index (χ2n) is 11.1. The molecule has 0 unspecified atom stereocenters. The lowest BCUT2D eigenvalue weighted by Gasteiger charge is -2.30. The van der Waals surface area contributed by atoms with E-state index in [0.29, 0.717) is 11.5 Å². The van der Waals surface area contributed by atoms with Gasteiger partial charge in [-0.15, -0.1) is 0 Å². The Labute approximate surface area is 184 Å². The van der Waals surface area contributed by atoms with E-state index in [2.05, 4.69) is 74.4 Å². The van der Waals surface area contributed by atoms with E-state index in [1.165, 1.54) is 22.3 Å². The van der Waals surface area contributed by atoms with Crippen molar-refractivity contribution in [1.29, 1.82) is 0 Å². The molecule has 0 fully saturated rings. The zero-order valence-electron chi connectivity index (χ0n) is 21.0. The van der Waals surface area contributed by atoms with Crippen LogP contribution < -0.4 is 0 Å². The first-order valence-electron chi connectivity index (χ1n) is 11.3. The van der Waals surface area contributed by atoms with Crippen LogP contribution in [0.3, 0.4) is 0 Å². The molecule has 0 saturated carbocycles.